The molecular weight excluding hydrogens is 496 g/mol. The maximum Gasteiger partial charge on any atom is 0.170 e. The van der Waals surface area contributed by atoms with Gasteiger partial charge in [-0.05, 0) is 24.0 Å². The molecule has 5 N–H and O–H groups in total. The molecule has 5 aromatic rings. The molecular formula is C24H22N8O4S. The molecule has 4 heterocycles. The van der Waals surface area contributed by atoms with E-state index in [1.807, 2.05) is 6.07 Å². The molecule has 4 aromatic heterocycles. The fraction of sp³-hybridized carbons (Fsp3) is 0.250. The SMILES string of the molecule is OC[C@@H](O)[C@@H](O)[C@@H](O)/C=N/Nc1ncnc2c1cnn2-c1ncnc2sc3c(c12)-c1ccccc1CC3. The van der Waals surface area contributed by atoms with E-state index in [2.05, 4.69) is 53.8 Å². The molecule has 1 aliphatic carbocycles. The topological polar surface area (TPSA) is 175 Å². The highest BCUT2D eigenvalue weighted by molar-refractivity contribution is 7.19. The first-order valence-corrected chi connectivity index (χ1v) is 12.4. The number of nitrogens with zero attached hydrogens (tertiary/aromatic N) is 7. The first-order valence-electron chi connectivity index (χ1n) is 11.5. The molecule has 0 fully saturated rings. The number of aliphatic hydroxyl groups excluding tert-OH is 4. The summed E-state index contributed by atoms with van der Waals surface area (Å²) in [5.74, 6) is 0.929. The maximum atomic E-state index is 9.94. The molecule has 0 saturated heterocycles. The van der Waals surface area contributed by atoms with Gasteiger partial charge in [-0.3, -0.25) is 5.43 Å². The summed E-state index contributed by atoms with van der Waals surface area (Å²) in [5.41, 5.74) is 6.81. The van der Waals surface area contributed by atoms with Crippen molar-refractivity contribution in [1.29, 1.82) is 0 Å². The lowest BCUT2D eigenvalue weighted by Gasteiger charge is -2.18. The lowest BCUT2D eigenvalue weighted by molar-refractivity contribution is -0.0541. The zero-order chi connectivity index (χ0) is 25.5. The van der Waals surface area contributed by atoms with Crippen LogP contribution in [0.15, 0.2) is 48.2 Å². The molecule has 37 heavy (non-hydrogen) atoms. The molecule has 0 saturated carbocycles. The van der Waals surface area contributed by atoms with Crippen LogP contribution in [0, 0.1) is 0 Å². The highest BCUT2D eigenvalue weighted by Crippen LogP contribution is 2.45. The first kappa shape index (κ1) is 23.5. The lowest BCUT2D eigenvalue weighted by atomic mass is 9.89. The number of benzene rings is 1. The van der Waals surface area contributed by atoms with Crippen molar-refractivity contribution >= 4 is 44.6 Å². The minimum atomic E-state index is -1.59. The van der Waals surface area contributed by atoms with Crippen LogP contribution < -0.4 is 5.43 Å². The Morgan fingerprint density at radius 2 is 1.92 bits per heavy atom. The van der Waals surface area contributed by atoms with E-state index in [0.717, 1.165) is 34.8 Å². The summed E-state index contributed by atoms with van der Waals surface area (Å²) in [6, 6.07) is 8.38. The quantitative estimate of drug-likeness (QED) is 0.155. The van der Waals surface area contributed by atoms with E-state index in [1.165, 1.54) is 28.7 Å². The summed E-state index contributed by atoms with van der Waals surface area (Å²) < 4.78 is 1.65. The zero-order valence-corrected chi connectivity index (χ0v) is 20.1. The highest BCUT2D eigenvalue weighted by Gasteiger charge is 2.26. The molecule has 188 valence electrons. The maximum absolute atomic E-state index is 9.94. The van der Waals surface area contributed by atoms with Crippen LogP contribution in [0.1, 0.15) is 10.4 Å². The summed E-state index contributed by atoms with van der Waals surface area (Å²) in [6.07, 6.45) is 2.81. The summed E-state index contributed by atoms with van der Waals surface area (Å²) in [5, 5.41) is 48.0. The van der Waals surface area contributed by atoms with E-state index in [4.69, 9.17) is 5.11 Å². The van der Waals surface area contributed by atoms with E-state index >= 15 is 0 Å². The standard InChI is InChI=1S/C24H22N8O4S/c33-9-16(35)20(36)15(34)8-29-31-21-14-7-30-32(22(14)26-10-25-21)23-19-18-13-4-2-1-3-12(13)5-6-17(18)37-24(19)28-11-27-23/h1-4,7-8,10-11,15-16,20,33-36H,5-6,9H2,(H,25,26,31)/b29-8+/t15-,16+,20-/m0/s1. The number of rotatable bonds is 7. The number of nitrogens with one attached hydrogen (secondary N) is 1. The van der Waals surface area contributed by atoms with Crippen molar-refractivity contribution in [3.05, 3.63) is 53.6 Å². The van der Waals surface area contributed by atoms with E-state index in [1.54, 1.807) is 22.2 Å². The predicted molar refractivity (Wildman–Crippen MR) is 138 cm³/mol. The number of thiophene rings is 1. The molecule has 0 bridgehead atoms. The minimum Gasteiger partial charge on any atom is -0.394 e. The monoisotopic (exact) mass is 518 g/mol. The van der Waals surface area contributed by atoms with Crippen LogP contribution in [0.4, 0.5) is 5.82 Å². The fourth-order valence-electron chi connectivity index (χ4n) is 4.50. The number of hydrazone groups is 1. The minimum absolute atomic E-state index is 0.319. The second kappa shape index (κ2) is 9.53. The van der Waals surface area contributed by atoms with Crippen molar-refractivity contribution in [1.82, 2.24) is 29.7 Å². The average molecular weight is 519 g/mol. The van der Waals surface area contributed by atoms with Gasteiger partial charge in [0.05, 0.1) is 29.8 Å². The highest BCUT2D eigenvalue weighted by atomic mass is 32.1. The molecule has 1 aromatic carbocycles. The third kappa shape index (κ3) is 4.02. The van der Waals surface area contributed by atoms with Crippen LogP contribution in [0.25, 0.3) is 38.2 Å². The summed E-state index contributed by atoms with van der Waals surface area (Å²) in [4.78, 5) is 19.9. The number of aryl methyl sites for hydroxylation is 2. The van der Waals surface area contributed by atoms with Gasteiger partial charge in [0.25, 0.3) is 0 Å². The van der Waals surface area contributed by atoms with Crippen LogP contribution in [0.5, 0.6) is 0 Å². The first-order chi connectivity index (χ1) is 18.1. The van der Waals surface area contributed by atoms with E-state index < -0.39 is 24.9 Å². The van der Waals surface area contributed by atoms with Gasteiger partial charge in [-0.15, -0.1) is 11.3 Å². The summed E-state index contributed by atoms with van der Waals surface area (Å²) in [6.45, 7) is -0.694. The number of hydrogen-bond acceptors (Lipinski definition) is 12. The second-order valence-electron chi connectivity index (χ2n) is 8.57. The van der Waals surface area contributed by atoms with Crippen molar-refractivity contribution < 1.29 is 20.4 Å². The third-order valence-corrected chi connectivity index (χ3v) is 7.50. The van der Waals surface area contributed by atoms with Crippen LogP contribution in [0.3, 0.4) is 0 Å². The molecule has 0 amide bonds. The fourth-order valence-corrected chi connectivity index (χ4v) is 5.65. The van der Waals surface area contributed by atoms with Crippen LogP contribution >= 0.6 is 11.3 Å². The Morgan fingerprint density at radius 3 is 2.78 bits per heavy atom. The van der Waals surface area contributed by atoms with Gasteiger partial charge in [-0.1, -0.05) is 24.3 Å². The molecule has 6 rings (SSSR count). The summed E-state index contributed by atoms with van der Waals surface area (Å²) >= 11 is 1.67. The normalized spacial score (nSPS) is 15.6. The second-order valence-corrected chi connectivity index (χ2v) is 9.66. The van der Waals surface area contributed by atoms with Gasteiger partial charge in [0, 0.05) is 10.4 Å². The van der Waals surface area contributed by atoms with Crippen LogP contribution in [0.2, 0.25) is 0 Å². The zero-order valence-electron chi connectivity index (χ0n) is 19.3. The molecule has 0 aliphatic heterocycles. The van der Waals surface area contributed by atoms with Gasteiger partial charge in [-0.25, -0.2) is 19.9 Å². The Morgan fingerprint density at radius 1 is 1.08 bits per heavy atom. The molecule has 1 aliphatic rings. The largest absolute Gasteiger partial charge is 0.394 e. The van der Waals surface area contributed by atoms with Crippen molar-refractivity contribution in [2.75, 3.05) is 12.0 Å². The molecule has 0 unspecified atom stereocenters. The Hall–Kier alpha value is -3.88. The number of anilines is 1. The van der Waals surface area contributed by atoms with Gasteiger partial charge >= 0.3 is 0 Å². The Balaban J connectivity index is 1.40. The molecule has 3 atom stereocenters. The third-order valence-electron chi connectivity index (χ3n) is 6.34. The number of hydrogen-bond donors (Lipinski definition) is 5. The van der Waals surface area contributed by atoms with Crippen molar-refractivity contribution in [3.8, 4) is 16.9 Å². The van der Waals surface area contributed by atoms with E-state index in [0.29, 0.717) is 22.7 Å². The van der Waals surface area contributed by atoms with E-state index in [-0.39, 0.29) is 0 Å². The van der Waals surface area contributed by atoms with Gasteiger partial charge in [0.1, 0.15) is 35.8 Å². The molecule has 0 spiro atoms. The Labute approximate surface area is 213 Å². The number of aliphatic hydroxyl groups is 4. The molecule has 12 nitrogen and oxygen atoms in total. The summed E-state index contributed by atoms with van der Waals surface area (Å²) in [7, 11) is 0. The van der Waals surface area contributed by atoms with Gasteiger partial charge in [-0.2, -0.15) is 14.9 Å². The number of fused-ring (bicyclic) bond motifs is 6. The van der Waals surface area contributed by atoms with Gasteiger partial charge in [0.15, 0.2) is 17.3 Å². The Kier molecular flexibility index (Phi) is 6.06. The van der Waals surface area contributed by atoms with Crippen molar-refractivity contribution in [3.63, 3.8) is 0 Å². The van der Waals surface area contributed by atoms with E-state index in [9.17, 15) is 15.3 Å². The van der Waals surface area contributed by atoms with Gasteiger partial charge in [0.2, 0.25) is 0 Å². The lowest BCUT2D eigenvalue weighted by Crippen LogP contribution is -2.40. The smallest absolute Gasteiger partial charge is 0.170 e. The van der Waals surface area contributed by atoms with Crippen molar-refractivity contribution in [2.24, 2.45) is 5.10 Å². The van der Waals surface area contributed by atoms with Crippen molar-refractivity contribution in [2.45, 2.75) is 31.2 Å². The predicted octanol–water partition coefficient (Wildman–Crippen LogP) is 1.06. The molecule has 13 heteroatoms. The number of aromatic nitrogens is 6. The van der Waals surface area contributed by atoms with Crippen LogP contribution in [-0.2, 0) is 12.8 Å². The molecule has 0 radical (unpaired) electrons. The van der Waals surface area contributed by atoms with Crippen LogP contribution in [-0.4, -0.2) is 81.3 Å². The Bertz CT molecular complexity index is 1630. The average Bonchev–Trinajstić information content (AvgIpc) is 3.54. The van der Waals surface area contributed by atoms with Gasteiger partial charge < -0.3 is 20.4 Å².